The van der Waals surface area contributed by atoms with Gasteiger partial charge in [0.15, 0.2) is 0 Å². The Morgan fingerprint density at radius 3 is 2.62 bits per heavy atom. The first-order valence-electron chi connectivity index (χ1n) is 10.0. The van der Waals surface area contributed by atoms with Crippen LogP contribution in [0.15, 0.2) is 41.3 Å². The van der Waals surface area contributed by atoms with E-state index < -0.39 is 0 Å². The molecule has 3 heterocycles. The number of likely N-dealkylation sites (tertiary alicyclic amines) is 1. The number of pyridine rings is 1. The average molecular weight is 394 g/mol. The van der Waals surface area contributed by atoms with E-state index in [1.54, 1.807) is 16.8 Å². The summed E-state index contributed by atoms with van der Waals surface area (Å²) in [7, 11) is 1.53. The van der Waals surface area contributed by atoms with Gasteiger partial charge in [-0.15, -0.1) is 0 Å². The third-order valence-corrected chi connectivity index (χ3v) is 5.29. The number of methoxy groups -OCH3 is 1. The zero-order valence-corrected chi connectivity index (χ0v) is 16.9. The SMILES string of the molecule is COc1cc2c(=O)n(-c3ccc(OCCCN4CCCC4)cc3)c(C)nc2cn1. The summed E-state index contributed by atoms with van der Waals surface area (Å²) in [6.45, 7) is 6.02. The summed E-state index contributed by atoms with van der Waals surface area (Å²) in [4.78, 5) is 24.2. The van der Waals surface area contributed by atoms with E-state index in [9.17, 15) is 4.79 Å². The molecule has 0 spiro atoms. The Balaban J connectivity index is 1.49. The predicted octanol–water partition coefficient (Wildman–Crippen LogP) is 2.96. The van der Waals surface area contributed by atoms with Crippen LogP contribution in [0, 0.1) is 6.92 Å². The Hall–Kier alpha value is -2.93. The Labute approximate surface area is 169 Å². The highest BCUT2D eigenvalue weighted by Crippen LogP contribution is 2.18. The molecule has 2 aromatic heterocycles. The monoisotopic (exact) mass is 394 g/mol. The number of hydrogen-bond acceptors (Lipinski definition) is 6. The van der Waals surface area contributed by atoms with Gasteiger partial charge in [0.05, 0.1) is 36.5 Å². The first kappa shape index (κ1) is 19.4. The summed E-state index contributed by atoms with van der Waals surface area (Å²) in [5.74, 6) is 1.80. The highest BCUT2D eigenvalue weighted by molar-refractivity contribution is 5.78. The van der Waals surface area contributed by atoms with Gasteiger partial charge in [0, 0.05) is 12.6 Å². The lowest BCUT2D eigenvalue weighted by molar-refractivity contribution is 0.263. The van der Waals surface area contributed by atoms with Crippen LogP contribution in [0.3, 0.4) is 0 Å². The van der Waals surface area contributed by atoms with Crippen LogP contribution in [-0.4, -0.2) is 52.8 Å². The Morgan fingerprint density at radius 1 is 1.14 bits per heavy atom. The smallest absolute Gasteiger partial charge is 0.266 e. The topological polar surface area (TPSA) is 69.5 Å². The second-order valence-corrected chi connectivity index (χ2v) is 7.29. The molecule has 4 rings (SSSR count). The van der Waals surface area contributed by atoms with Crippen molar-refractivity contribution in [2.75, 3.05) is 33.4 Å². The molecule has 0 atom stereocenters. The molecule has 1 saturated heterocycles. The predicted molar refractivity (Wildman–Crippen MR) is 112 cm³/mol. The fourth-order valence-corrected chi connectivity index (χ4v) is 3.77. The van der Waals surface area contributed by atoms with Crippen molar-refractivity contribution in [3.05, 3.63) is 52.7 Å². The van der Waals surface area contributed by atoms with E-state index in [1.807, 2.05) is 31.2 Å². The number of rotatable bonds is 7. The number of aromatic nitrogens is 3. The molecule has 7 nitrogen and oxygen atoms in total. The molecular weight excluding hydrogens is 368 g/mol. The van der Waals surface area contributed by atoms with Crippen molar-refractivity contribution >= 4 is 10.9 Å². The number of aryl methyl sites for hydroxylation is 1. The largest absolute Gasteiger partial charge is 0.494 e. The minimum absolute atomic E-state index is 0.146. The second kappa shape index (κ2) is 8.61. The number of hydrogen-bond donors (Lipinski definition) is 0. The van der Waals surface area contributed by atoms with Crippen LogP contribution in [0.5, 0.6) is 11.6 Å². The van der Waals surface area contributed by atoms with Gasteiger partial charge in [0.2, 0.25) is 5.88 Å². The highest BCUT2D eigenvalue weighted by atomic mass is 16.5. The van der Waals surface area contributed by atoms with E-state index in [-0.39, 0.29) is 5.56 Å². The summed E-state index contributed by atoms with van der Waals surface area (Å²) in [5.41, 5.74) is 1.16. The number of benzene rings is 1. The molecule has 0 radical (unpaired) electrons. The van der Waals surface area contributed by atoms with Crippen molar-refractivity contribution in [3.8, 4) is 17.3 Å². The maximum atomic E-state index is 13.0. The van der Waals surface area contributed by atoms with E-state index in [4.69, 9.17) is 9.47 Å². The quantitative estimate of drug-likeness (QED) is 0.574. The van der Waals surface area contributed by atoms with E-state index in [2.05, 4.69) is 14.9 Å². The van der Waals surface area contributed by atoms with Crippen LogP contribution in [0.1, 0.15) is 25.1 Å². The van der Waals surface area contributed by atoms with Crippen LogP contribution in [0.4, 0.5) is 0 Å². The molecule has 0 saturated carbocycles. The molecule has 29 heavy (non-hydrogen) atoms. The molecule has 3 aromatic rings. The number of ether oxygens (including phenoxy) is 2. The van der Waals surface area contributed by atoms with E-state index in [0.717, 1.165) is 24.4 Å². The highest BCUT2D eigenvalue weighted by Gasteiger charge is 2.12. The normalized spacial score (nSPS) is 14.4. The number of fused-ring (bicyclic) bond motifs is 1. The molecular formula is C22H26N4O3. The second-order valence-electron chi connectivity index (χ2n) is 7.29. The van der Waals surface area contributed by atoms with E-state index in [0.29, 0.717) is 29.2 Å². The van der Waals surface area contributed by atoms with Gasteiger partial charge in [-0.2, -0.15) is 0 Å². The minimum atomic E-state index is -0.146. The van der Waals surface area contributed by atoms with Gasteiger partial charge < -0.3 is 14.4 Å². The Kier molecular flexibility index (Phi) is 5.76. The average Bonchev–Trinajstić information content (AvgIpc) is 3.26. The van der Waals surface area contributed by atoms with Crippen molar-refractivity contribution in [3.63, 3.8) is 0 Å². The van der Waals surface area contributed by atoms with Crippen molar-refractivity contribution in [2.24, 2.45) is 0 Å². The lowest BCUT2D eigenvalue weighted by atomic mass is 10.2. The summed E-state index contributed by atoms with van der Waals surface area (Å²) >= 11 is 0. The van der Waals surface area contributed by atoms with Gasteiger partial charge >= 0.3 is 0 Å². The van der Waals surface area contributed by atoms with Crippen molar-refractivity contribution in [1.29, 1.82) is 0 Å². The standard InChI is InChI=1S/C22H26N4O3/c1-16-24-20-15-23-21(28-2)14-19(20)22(27)26(16)17-6-8-18(9-7-17)29-13-5-12-25-10-3-4-11-25/h6-9,14-15H,3-5,10-13H2,1-2H3. The fraction of sp³-hybridized carbons (Fsp3) is 0.409. The third-order valence-electron chi connectivity index (χ3n) is 5.29. The molecule has 1 aromatic carbocycles. The van der Waals surface area contributed by atoms with Crippen molar-refractivity contribution < 1.29 is 9.47 Å². The van der Waals surface area contributed by atoms with Crippen LogP contribution in [0.25, 0.3) is 16.6 Å². The van der Waals surface area contributed by atoms with Gasteiger partial charge in [-0.25, -0.2) is 9.97 Å². The molecule has 7 heteroatoms. The zero-order valence-electron chi connectivity index (χ0n) is 16.9. The van der Waals surface area contributed by atoms with Gasteiger partial charge in [0.25, 0.3) is 5.56 Å². The first-order chi connectivity index (χ1) is 14.2. The van der Waals surface area contributed by atoms with Gasteiger partial charge in [-0.3, -0.25) is 9.36 Å². The molecule has 0 aliphatic carbocycles. The zero-order chi connectivity index (χ0) is 20.2. The summed E-state index contributed by atoms with van der Waals surface area (Å²) < 4.78 is 12.6. The van der Waals surface area contributed by atoms with Crippen molar-refractivity contribution in [2.45, 2.75) is 26.2 Å². The van der Waals surface area contributed by atoms with Gasteiger partial charge in [-0.05, 0) is 63.5 Å². The molecule has 0 bridgehead atoms. The van der Waals surface area contributed by atoms with E-state index >= 15 is 0 Å². The maximum Gasteiger partial charge on any atom is 0.266 e. The molecule has 1 aliphatic heterocycles. The molecule has 1 fully saturated rings. The summed E-state index contributed by atoms with van der Waals surface area (Å²) in [5, 5.41) is 0.477. The first-order valence-corrected chi connectivity index (χ1v) is 10.0. The lowest BCUT2D eigenvalue weighted by Crippen LogP contribution is -2.22. The third kappa shape index (κ3) is 4.24. The van der Waals surface area contributed by atoms with Crippen LogP contribution in [0.2, 0.25) is 0 Å². The molecule has 0 N–H and O–H groups in total. The summed E-state index contributed by atoms with van der Waals surface area (Å²) in [6.07, 6.45) is 5.21. The Bertz CT molecular complexity index is 1040. The van der Waals surface area contributed by atoms with Crippen LogP contribution < -0.4 is 15.0 Å². The van der Waals surface area contributed by atoms with Crippen LogP contribution >= 0.6 is 0 Å². The van der Waals surface area contributed by atoms with Crippen molar-refractivity contribution in [1.82, 2.24) is 19.4 Å². The van der Waals surface area contributed by atoms with E-state index in [1.165, 1.54) is 33.0 Å². The molecule has 0 unspecified atom stereocenters. The lowest BCUT2D eigenvalue weighted by Gasteiger charge is -2.15. The van der Waals surface area contributed by atoms with Gasteiger partial charge in [-0.1, -0.05) is 0 Å². The number of nitrogens with zero attached hydrogens (tertiary/aromatic N) is 4. The molecule has 0 amide bonds. The Morgan fingerprint density at radius 2 is 1.90 bits per heavy atom. The molecule has 152 valence electrons. The maximum absolute atomic E-state index is 13.0. The molecule has 1 aliphatic rings. The fourth-order valence-electron chi connectivity index (χ4n) is 3.77. The van der Waals surface area contributed by atoms with Crippen LogP contribution in [-0.2, 0) is 0 Å². The summed E-state index contributed by atoms with van der Waals surface area (Å²) in [6, 6.07) is 9.19. The van der Waals surface area contributed by atoms with Gasteiger partial charge in [0.1, 0.15) is 11.6 Å². The minimum Gasteiger partial charge on any atom is -0.494 e.